The number of carbonyl (C=O) groups is 1. The van der Waals surface area contributed by atoms with Gasteiger partial charge in [0.1, 0.15) is 0 Å². The Morgan fingerprint density at radius 1 is 1.17 bits per heavy atom. The van der Waals surface area contributed by atoms with Crippen LogP contribution in [-0.2, 0) is 24.9 Å². The Bertz CT molecular complexity index is 1020. The van der Waals surface area contributed by atoms with Crippen molar-refractivity contribution in [2.24, 2.45) is 0 Å². The molecule has 1 atom stereocenters. The molecule has 3 aromatic rings. The monoisotopic (exact) mass is 581 g/mol. The van der Waals surface area contributed by atoms with Crippen molar-refractivity contribution in [3.63, 3.8) is 0 Å². The minimum Gasteiger partial charge on any atom is -0.512 e. The summed E-state index contributed by atoms with van der Waals surface area (Å²) < 4.78 is 0. The molecular formula is C26H30IrNO2-. The largest absolute Gasteiger partial charge is 0.512 e. The molecule has 0 aliphatic carbocycles. The van der Waals surface area contributed by atoms with E-state index in [1.165, 1.54) is 41.8 Å². The first-order chi connectivity index (χ1) is 13.7. The molecule has 30 heavy (non-hydrogen) atoms. The number of ketones is 1. The summed E-state index contributed by atoms with van der Waals surface area (Å²) in [5.74, 6) is 0.460. The van der Waals surface area contributed by atoms with Crippen LogP contribution < -0.4 is 0 Å². The molecule has 4 heteroatoms. The SMILES string of the molecule is CC(=O)/C=C(/C)O.CCC(C)c1cnc(-c2[c-]c(C)cc(C)c2)c2ccccc12.[Ir]. The summed E-state index contributed by atoms with van der Waals surface area (Å²) in [7, 11) is 0. The maximum atomic E-state index is 10.0. The predicted octanol–water partition coefficient (Wildman–Crippen LogP) is 6.87. The van der Waals surface area contributed by atoms with E-state index in [0.29, 0.717) is 5.92 Å². The van der Waals surface area contributed by atoms with Gasteiger partial charge in [0.2, 0.25) is 0 Å². The summed E-state index contributed by atoms with van der Waals surface area (Å²) in [6.07, 6.45) is 4.35. The molecule has 0 saturated carbocycles. The van der Waals surface area contributed by atoms with E-state index >= 15 is 0 Å². The number of hydrogen-bond donors (Lipinski definition) is 1. The van der Waals surface area contributed by atoms with Gasteiger partial charge in [-0.1, -0.05) is 52.0 Å². The van der Waals surface area contributed by atoms with Crippen LogP contribution in [0.5, 0.6) is 0 Å². The smallest absolute Gasteiger partial charge is 0.155 e. The van der Waals surface area contributed by atoms with Gasteiger partial charge in [0, 0.05) is 32.4 Å². The average molecular weight is 581 g/mol. The van der Waals surface area contributed by atoms with E-state index in [1.807, 2.05) is 0 Å². The first kappa shape index (κ1) is 25.7. The zero-order chi connectivity index (χ0) is 21.6. The standard InChI is InChI=1S/C21H22N.C5H8O2.Ir/c1-5-16(4)20-13-22-21(19-9-7-6-8-18(19)20)17-11-14(2)10-15(3)12-17;1-4(6)3-5(2)7;/h6-11,13,16H,5H2,1-4H3;3,6H,1-2H3;/q-1;;/b;4-3-;. The van der Waals surface area contributed by atoms with Crippen LogP contribution in [0.4, 0.5) is 0 Å². The third kappa shape index (κ3) is 6.90. The summed E-state index contributed by atoms with van der Waals surface area (Å²) >= 11 is 0. The molecule has 1 N–H and O–H groups in total. The number of aliphatic hydroxyl groups is 1. The minimum absolute atomic E-state index is 0. The van der Waals surface area contributed by atoms with Gasteiger partial charge >= 0.3 is 0 Å². The van der Waals surface area contributed by atoms with Crippen molar-refractivity contribution < 1.29 is 30.0 Å². The normalized spacial score (nSPS) is 11.9. The van der Waals surface area contributed by atoms with Gasteiger partial charge in [-0.15, -0.1) is 34.9 Å². The van der Waals surface area contributed by atoms with Gasteiger partial charge in [-0.05, 0) is 48.2 Å². The first-order valence-corrected chi connectivity index (χ1v) is 9.99. The number of allylic oxidation sites excluding steroid dienone is 2. The molecule has 0 bridgehead atoms. The second-order valence-electron chi connectivity index (χ2n) is 7.57. The topological polar surface area (TPSA) is 50.2 Å². The van der Waals surface area contributed by atoms with Crippen LogP contribution in [0.1, 0.15) is 56.7 Å². The zero-order valence-electron chi connectivity index (χ0n) is 18.5. The van der Waals surface area contributed by atoms with Gasteiger partial charge in [-0.25, -0.2) is 0 Å². The Labute approximate surface area is 193 Å². The summed E-state index contributed by atoms with van der Waals surface area (Å²) in [6.45, 7) is 11.6. The Hall–Kier alpha value is -2.29. The molecule has 0 fully saturated rings. The van der Waals surface area contributed by atoms with E-state index in [0.717, 1.165) is 23.2 Å². The maximum absolute atomic E-state index is 10.0. The van der Waals surface area contributed by atoms with E-state index in [1.54, 1.807) is 0 Å². The summed E-state index contributed by atoms with van der Waals surface area (Å²) in [6, 6.07) is 16.4. The minimum atomic E-state index is -0.125. The van der Waals surface area contributed by atoms with Gasteiger partial charge in [0.15, 0.2) is 5.78 Å². The number of fused-ring (bicyclic) bond motifs is 1. The van der Waals surface area contributed by atoms with Crippen LogP contribution in [0.25, 0.3) is 22.0 Å². The quantitative estimate of drug-likeness (QED) is 0.208. The van der Waals surface area contributed by atoms with Crippen molar-refractivity contribution in [3.05, 3.63) is 77.2 Å². The van der Waals surface area contributed by atoms with Crippen molar-refractivity contribution in [2.75, 3.05) is 0 Å². The summed E-state index contributed by atoms with van der Waals surface area (Å²) in [4.78, 5) is 14.8. The molecule has 0 amide bonds. The number of benzene rings is 2. The molecule has 1 heterocycles. The first-order valence-electron chi connectivity index (χ1n) is 9.99. The Morgan fingerprint density at radius 3 is 2.30 bits per heavy atom. The van der Waals surface area contributed by atoms with Crippen molar-refractivity contribution in [1.82, 2.24) is 4.98 Å². The van der Waals surface area contributed by atoms with Gasteiger partial charge in [-0.2, -0.15) is 0 Å². The summed E-state index contributed by atoms with van der Waals surface area (Å²) in [5, 5.41) is 10.9. The predicted molar refractivity (Wildman–Crippen MR) is 121 cm³/mol. The van der Waals surface area contributed by atoms with Crippen molar-refractivity contribution in [1.29, 1.82) is 0 Å². The van der Waals surface area contributed by atoms with Crippen LogP contribution in [0.2, 0.25) is 0 Å². The third-order valence-corrected chi connectivity index (χ3v) is 4.78. The number of aryl methyl sites for hydroxylation is 2. The fraction of sp³-hybridized carbons (Fsp3) is 0.308. The zero-order valence-corrected chi connectivity index (χ0v) is 20.9. The van der Waals surface area contributed by atoms with Gasteiger partial charge in [0.05, 0.1) is 5.76 Å². The van der Waals surface area contributed by atoms with Crippen molar-refractivity contribution in [3.8, 4) is 11.3 Å². The second-order valence-corrected chi connectivity index (χ2v) is 7.57. The number of aromatic nitrogens is 1. The fourth-order valence-corrected chi connectivity index (χ4v) is 3.36. The molecule has 0 saturated heterocycles. The Morgan fingerprint density at radius 2 is 1.80 bits per heavy atom. The van der Waals surface area contributed by atoms with E-state index in [9.17, 15) is 4.79 Å². The molecule has 3 rings (SSSR count). The van der Waals surface area contributed by atoms with E-state index < -0.39 is 0 Å². The molecule has 0 aliphatic heterocycles. The van der Waals surface area contributed by atoms with Gasteiger partial charge < -0.3 is 10.1 Å². The number of carbonyl (C=O) groups excluding carboxylic acids is 1. The Balaban J connectivity index is 0.000000489. The van der Waals surface area contributed by atoms with Crippen LogP contribution in [0.3, 0.4) is 0 Å². The van der Waals surface area contributed by atoms with Gasteiger partial charge in [-0.3, -0.25) is 4.79 Å². The molecular weight excluding hydrogens is 551 g/mol. The molecule has 0 aliphatic rings. The van der Waals surface area contributed by atoms with Crippen molar-refractivity contribution >= 4 is 16.6 Å². The van der Waals surface area contributed by atoms with E-state index in [-0.39, 0.29) is 31.6 Å². The fourth-order valence-electron chi connectivity index (χ4n) is 3.36. The number of hydrogen-bond acceptors (Lipinski definition) is 3. The number of rotatable bonds is 4. The van der Waals surface area contributed by atoms with E-state index in [2.05, 4.69) is 76.4 Å². The molecule has 3 nitrogen and oxygen atoms in total. The van der Waals surface area contributed by atoms with E-state index in [4.69, 9.17) is 10.1 Å². The van der Waals surface area contributed by atoms with Crippen molar-refractivity contribution in [2.45, 2.75) is 53.9 Å². The molecule has 2 aromatic carbocycles. The van der Waals surface area contributed by atoms with Crippen LogP contribution >= 0.6 is 0 Å². The molecule has 161 valence electrons. The number of aliphatic hydroxyl groups excluding tert-OH is 1. The van der Waals surface area contributed by atoms with Crippen LogP contribution in [0, 0.1) is 19.9 Å². The second kappa shape index (κ2) is 11.8. The van der Waals surface area contributed by atoms with Gasteiger partial charge in [0.25, 0.3) is 0 Å². The summed E-state index contributed by atoms with van der Waals surface area (Å²) in [5.41, 5.74) is 5.88. The van der Waals surface area contributed by atoms with Crippen LogP contribution in [0.15, 0.2) is 54.4 Å². The molecule has 1 radical (unpaired) electrons. The maximum Gasteiger partial charge on any atom is 0.155 e. The average Bonchev–Trinajstić information content (AvgIpc) is 2.65. The molecule has 0 spiro atoms. The Kier molecular flexibility index (Phi) is 10.1. The third-order valence-electron chi connectivity index (χ3n) is 4.78. The molecule has 1 unspecified atom stereocenters. The van der Waals surface area contributed by atoms with Crippen LogP contribution in [-0.4, -0.2) is 15.9 Å². The number of pyridine rings is 1. The molecule has 1 aromatic heterocycles. The number of nitrogens with zero attached hydrogens (tertiary/aromatic N) is 1.